The number of carbonyl (C=O) groups excluding carboxylic acids is 1. The summed E-state index contributed by atoms with van der Waals surface area (Å²) in [5, 5.41) is 10.6. The van der Waals surface area contributed by atoms with Gasteiger partial charge in [-0.3, -0.25) is 0 Å². The van der Waals surface area contributed by atoms with Crippen LogP contribution >= 0.6 is 0 Å². The Kier molecular flexibility index (Phi) is 3.57. The maximum absolute atomic E-state index is 10.6. The van der Waals surface area contributed by atoms with Gasteiger partial charge in [0.15, 0.2) is 0 Å². The van der Waals surface area contributed by atoms with E-state index < -0.39 is 5.97 Å². The summed E-state index contributed by atoms with van der Waals surface area (Å²) in [5.41, 5.74) is 1.47. The van der Waals surface area contributed by atoms with Crippen molar-refractivity contribution in [2.75, 3.05) is 13.1 Å². The van der Waals surface area contributed by atoms with E-state index in [-0.39, 0.29) is 5.56 Å². The van der Waals surface area contributed by atoms with Gasteiger partial charge in [0.2, 0.25) is 0 Å². The van der Waals surface area contributed by atoms with Crippen LogP contribution in [0, 0.1) is 0 Å². The van der Waals surface area contributed by atoms with Gasteiger partial charge in [0.05, 0.1) is 19.1 Å². The van der Waals surface area contributed by atoms with E-state index in [1.54, 1.807) is 17.0 Å². The Labute approximate surface area is 95.7 Å². The van der Waals surface area contributed by atoms with Gasteiger partial charge in [0.25, 0.3) is 0 Å². The minimum absolute atomic E-state index is 0.261. The number of carboxylic acids is 1. The molecule has 0 radical (unpaired) electrons. The summed E-state index contributed by atoms with van der Waals surface area (Å²) < 4.78 is 0. The van der Waals surface area contributed by atoms with Crippen molar-refractivity contribution in [2.45, 2.75) is 25.8 Å². The SMILES string of the molecule is O=C([O-])c1ccc(C[NH+]2CCCCC2)cc1. The van der Waals surface area contributed by atoms with Gasteiger partial charge in [-0.15, -0.1) is 0 Å². The Morgan fingerprint density at radius 2 is 1.75 bits per heavy atom. The first kappa shape index (κ1) is 11.1. The predicted octanol–water partition coefficient (Wildman–Crippen LogP) is -0.381. The highest BCUT2D eigenvalue weighted by atomic mass is 16.4. The van der Waals surface area contributed by atoms with E-state index in [1.165, 1.54) is 37.9 Å². The van der Waals surface area contributed by atoms with Crippen LogP contribution in [0.3, 0.4) is 0 Å². The van der Waals surface area contributed by atoms with Crippen molar-refractivity contribution >= 4 is 5.97 Å². The summed E-state index contributed by atoms with van der Waals surface area (Å²) in [6, 6.07) is 7.06. The molecule has 0 amide bonds. The fourth-order valence-corrected chi connectivity index (χ4v) is 2.28. The molecule has 0 aliphatic carbocycles. The molecule has 1 heterocycles. The number of aromatic carboxylic acids is 1. The number of likely N-dealkylation sites (tertiary alicyclic amines) is 1. The van der Waals surface area contributed by atoms with E-state index in [4.69, 9.17) is 0 Å². The van der Waals surface area contributed by atoms with E-state index in [2.05, 4.69) is 0 Å². The fraction of sp³-hybridized carbons (Fsp3) is 0.462. The number of quaternary nitrogens is 1. The average Bonchev–Trinajstić information content (AvgIpc) is 2.31. The smallest absolute Gasteiger partial charge is 0.103 e. The zero-order valence-corrected chi connectivity index (χ0v) is 9.37. The maximum Gasteiger partial charge on any atom is 0.103 e. The Morgan fingerprint density at radius 3 is 2.31 bits per heavy atom. The number of nitrogens with one attached hydrogen (secondary N) is 1. The Bertz CT molecular complexity index is 353. The van der Waals surface area contributed by atoms with Crippen molar-refractivity contribution in [3.8, 4) is 0 Å². The lowest BCUT2D eigenvalue weighted by Gasteiger charge is -2.23. The van der Waals surface area contributed by atoms with E-state index in [1.807, 2.05) is 12.1 Å². The van der Waals surface area contributed by atoms with E-state index in [0.717, 1.165) is 6.54 Å². The minimum atomic E-state index is -1.10. The predicted molar refractivity (Wildman–Crippen MR) is 59.0 cm³/mol. The normalized spacial score (nSPS) is 17.2. The third-order valence-corrected chi connectivity index (χ3v) is 3.20. The number of benzene rings is 1. The first-order valence-electron chi connectivity index (χ1n) is 5.89. The average molecular weight is 219 g/mol. The van der Waals surface area contributed by atoms with Crippen molar-refractivity contribution in [1.29, 1.82) is 0 Å². The number of hydrogen-bond donors (Lipinski definition) is 1. The molecule has 0 bridgehead atoms. The maximum atomic E-state index is 10.6. The van der Waals surface area contributed by atoms with E-state index in [0.29, 0.717) is 0 Å². The second kappa shape index (κ2) is 5.12. The molecule has 1 aromatic carbocycles. The van der Waals surface area contributed by atoms with Crippen LogP contribution in [0.15, 0.2) is 24.3 Å². The van der Waals surface area contributed by atoms with Crippen LogP contribution in [-0.2, 0) is 6.54 Å². The number of carboxylic acid groups (broad SMARTS) is 1. The van der Waals surface area contributed by atoms with Crippen LogP contribution in [0.1, 0.15) is 35.2 Å². The Hall–Kier alpha value is -1.35. The van der Waals surface area contributed by atoms with Crippen LogP contribution in [-0.4, -0.2) is 19.1 Å². The molecule has 1 N–H and O–H groups in total. The molecule has 16 heavy (non-hydrogen) atoms. The van der Waals surface area contributed by atoms with Gasteiger partial charge < -0.3 is 14.8 Å². The van der Waals surface area contributed by atoms with Crippen LogP contribution in [0.4, 0.5) is 0 Å². The molecule has 1 aromatic rings. The summed E-state index contributed by atoms with van der Waals surface area (Å²) in [4.78, 5) is 12.2. The number of rotatable bonds is 3. The highest BCUT2D eigenvalue weighted by Gasteiger charge is 2.13. The second-order valence-corrected chi connectivity index (χ2v) is 4.47. The summed E-state index contributed by atoms with van der Waals surface area (Å²) in [7, 11) is 0. The lowest BCUT2D eigenvalue weighted by molar-refractivity contribution is -0.918. The third kappa shape index (κ3) is 2.83. The molecule has 3 nitrogen and oxygen atoms in total. The molecular formula is C13H17NO2. The molecular weight excluding hydrogens is 202 g/mol. The van der Waals surface area contributed by atoms with Crippen molar-refractivity contribution < 1.29 is 14.8 Å². The number of carbonyl (C=O) groups is 1. The number of piperidine rings is 1. The zero-order chi connectivity index (χ0) is 11.4. The van der Waals surface area contributed by atoms with Gasteiger partial charge in [-0.25, -0.2) is 0 Å². The highest BCUT2D eigenvalue weighted by molar-refractivity contribution is 5.85. The van der Waals surface area contributed by atoms with Crippen LogP contribution in [0.2, 0.25) is 0 Å². The van der Waals surface area contributed by atoms with Crippen molar-refractivity contribution in [3.05, 3.63) is 35.4 Å². The molecule has 0 aromatic heterocycles. The Morgan fingerprint density at radius 1 is 1.12 bits per heavy atom. The first-order chi connectivity index (χ1) is 7.75. The number of hydrogen-bond acceptors (Lipinski definition) is 2. The monoisotopic (exact) mass is 219 g/mol. The molecule has 2 rings (SSSR count). The molecule has 1 aliphatic heterocycles. The molecule has 0 saturated carbocycles. The summed E-state index contributed by atoms with van der Waals surface area (Å²) in [5.74, 6) is -1.10. The molecule has 1 fully saturated rings. The van der Waals surface area contributed by atoms with Crippen molar-refractivity contribution in [2.24, 2.45) is 0 Å². The van der Waals surface area contributed by atoms with E-state index >= 15 is 0 Å². The summed E-state index contributed by atoms with van der Waals surface area (Å²) in [6.07, 6.45) is 3.98. The second-order valence-electron chi connectivity index (χ2n) is 4.47. The van der Waals surface area contributed by atoms with Gasteiger partial charge >= 0.3 is 0 Å². The standard InChI is InChI=1S/C13H17NO2/c15-13(16)12-6-4-11(5-7-12)10-14-8-2-1-3-9-14/h4-7H,1-3,8-10H2,(H,15,16). The molecule has 0 atom stereocenters. The van der Waals surface area contributed by atoms with E-state index in [9.17, 15) is 9.90 Å². The lowest BCUT2D eigenvalue weighted by Crippen LogP contribution is -3.11. The van der Waals surface area contributed by atoms with Crippen LogP contribution in [0.5, 0.6) is 0 Å². The summed E-state index contributed by atoms with van der Waals surface area (Å²) in [6.45, 7) is 3.48. The molecule has 0 unspecified atom stereocenters. The van der Waals surface area contributed by atoms with Gasteiger partial charge in [-0.1, -0.05) is 24.3 Å². The van der Waals surface area contributed by atoms with Crippen LogP contribution < -0.4 is 10.0 Å². The van der Waals surface area contributed by atoms with Gasteiger partial charge in [0.1, 0.15) is 6.54 Å². The van der Waals surface area contributed by atoms with Gasteiger partial charge in [-0.2, -0.15) is 0 Å². The quantitative estimate of drug-likeness (QED) is 0.753. The minimum Gasteiger partial charge on any atom is -0.545 e. The topological polar surface area (TPSA) is 44.6 Å². The van der Waals surface area contributed by atoms with Gasteiger partial charge in [-0.05, 0) is 24.8 Å². The Balaban J connectivity index is 1.96. The van der Waals surface area contributed by atoms with Gasteiger partial charge in [0, 0.05) is 5.56 Å². The molecule has 3 heteroatoms. The zero-order valence-electron chi connectivity index (χ0n) is 9.37. The van der Waals surface area contributed by atoms with Crippen molar-refractivity contribution in [3.63, 3.8) is 0 Å². The largest absolute Gasteiger partial charge is 0.545 e. The lowest BCUT2D eigenvalue weighted by atomic mass is 10.1. The highest BCUT2D eigenvalue weighted by Crippen LogP contribution is 2.03. The summed E-state index contributed by atoms with van der Waals surface area (Å²) >= 11 is 0. The molecule has 86 valence electrons. The fourth-order valence-electron chi connectivity index (χ4n) is 2.28. The van der Waals surface area contributed by atoms with Crippen LogP contribution in [0.25, 0.3) is 0 Å². The third-order valence-electron chi connectivity index (χ3n) is 3.20. The molecule has 1 saturated heterocycles. The molecule has 1 aliphatic rings. The van der Waals surface area contributed by atoms with Crippen molar-refractivity contribution in [1.82, 2.24) is 0 Å². The molecule has 0 spiro atoms. The first-order valence-corrected chi connectivity index (χ1v) is 5.89.